The lowest BCUT2D eigenvalue weighted by Gasteiger charge is -2.23. The van der Waals surface area contributed by atoms with Gasteiger partial charge in [0.1, 0.15) is 5.60 Å². The molecule has 1 aromatic rings. The maximum Gasteiger partial charge on any atom is 0.408 e. The van der Waals surface area contributed by atoms with Crippen LogP contribution in [0.15, 0.2) is 29.2 Å². The van der Waals surface area contributed by atoms with Gasteiger partial charge in [-0.25, -0.2) is 9.59 Å². The second-order valence-corrected chi connectivity index (χ2v) is 7.70. The highest BCUT2D eigenvalue weighted by Crippen LogP contribution is 2.41. The van der Waals surface area contributed by atoms with Crippen LogP contribution in [0.25, 0.3) is 0 Å². The number of thioether (sulfide) groups is 1. The lowest BCUT2D eigenvalue weighted by atomic mass is 10.2. The molecule has 6 heteroatoms. The Morgan fingerprint density at radius 2 is 1.91 bits per heavy atom. The summed E-state index contributed by atoms with van der Waals surface area (Å²) in [5.41, 5.74) is -0.200. The van der Waals surface area contributed by atoms with Crippen LogP contribution in [-0.2, 0) is 9.47 Å². The number of nitrogens with one attached hydrogen (secondary N) is 1. The van der Waals surface area contributed by atoms with E-state index in [4.69, 9.17) is 9.47 Å². The molecule has 1 saturated carbocycles. The number of carbonyl (C=O) groups is 2. The molecule has 0 heterocycles. The Morgan fingerprint density at radius 3 is 2.48 bits per heavy atom. The first-order chi connectivity index (χ1) is 10.7. The average molecular weight is 337 g/mol. The van der Waals surface area contributed by atoms with Crippen molar-refractivity contribution in [2.24, 2.45) is 0 Å². The molecule has 2 rings (SSSR count). The maximum atomic E-state index is 11.9. The fourth-order valence-corrected chi connectivity index (χ4v) is 3.34. The van der Waals surface area contributed by atoms with Crippen LogP contribution in [0.5, 0.6) is 0 Å². The number of hydrogen-bond donors (Lipinski definition) is 1. The smallest absolute Gasteiger partial charge is 0.408 e. The summed E-state index contributed by atoms with van der Waals surface area (Å²) in [6.07, 6.45) is 1.44. The molecule has 0 unspecified atom stereocenters. The van der Waals surface area contributed by atoms with Crippen molar-refractivity contribution in [1.29, 1.82) is 0 Å². The lowest BCUT2D eigenvalue weighted by molar-refractivity contribution is 0.0501. The maximum absolute atomic E-state index is 11.9. The second-order valence-electron chi connectivity index (χ2n) is 6.68. The molecule has 1 aromatic carbocycles. The van der Waals surface area contributed by atoms with E-state index in [-0.39, 0.29) is 11.5 Å². The van der Waals surface area contributed by atoms with E-state index in [1.54, 1.807) is 17.8 Å². The third-order valence-electron chi connectivity index (χ3n) is 3.42. The van der Waals surface area contributed by atoms with E-state index in [1.165, 1.54) is 7.11 Å². The molecule has 1 amide bonds. The minimum absolute atomic E-state index is 0.240. The van der Waals surface area contributed by atoms with Crippen molar-refractivity contribution < 1.29 is 19.1 Å². The molecule has 0 saturated heterocycles. The summed E-state index contributed by atoms with van der Waals surface area (Å²) in [4.78, 5) is 24.6. The number of alkyl carbamates (subject to hydrolysis) is 1. The predicted molar refractivity (Wildman–Crippen MR) is 89.8 cm³/mol. The summed E-state index contributed by atoms with van der Waals surface area (Å²) in [5.74, 6) is 0.346. The van der Waals surface area contributed by atoms with E-state index in [1.807, 2.05) is 39.0 Å². The fourth-order valence-electron chi connectivity index (χ4n) is 2.06. The zero-order valence-electron chi connectivity index (χ0n) is 14.0. The molecule has 5 nitrogen and oxygen atoms in total. The van der Waals surface area contributed by atoms with Crippen LogP contribution in [0.3, 0.4) is 0 Å². The lowest BCUT2D eigenvalue weighted by Crippen LogP contribution is -2.42. The summed E-state index contributed by atoms with van der Waals surface area (Å²) in [7, 11) is 1.37. The molecule has 1 aliphatic carbocycles. The van der Waals surface area contributed by atoms with Gasteiger partial charge in [-0.2, -0.15) is 0 Å². The SMILES string of the molecule is COC(=O)c1ccccc1SCC1(NC(=O)OC(C)(C)C)CC1. The molecule has 23 heavy (non-hydrogen) atoms. The molecule has 0 aromatic heterocycles. The monoisotopic (exact) mass is 337 g/mol. The second kappa shape index (κ2) is 6.83. The third-order valence-corrected chi connectivity index (χ3v) is 4.78. The van der Waals surface area contributed by atoms with Gasteiger partial charge in [-0.3, -0.25) is 0 Å². The normalized spacial score (nSPS) is 15.7. The number of benzene rings is 1. The quantitative estimate of drug-likeness (QED) is 0.657. The average Bonchev–Trinajstić information content (AvgIpc) is 3.22. The number of hydrogen-bond acceptors (Lipinski definition) is 5. The summed E-state index contributed by atoms with van der Waals surface area (Å²) >= 11 is 1.55. The molecule has 0 atom stereocenters. The number of rotatable bonds is 5. The summed E-state index contributed by atoms with van der Waals surface area (Å²) in [6, 6.07) is 7.33. The van der Waals surface area contributed by atoms with E-state index in [2.05, 4.69) is 5.32 Å². The van der Waals surface area contributed by atoms with Crippen molar-refractivity contribution >= 4 is 23.8 Å². The Hall–Kier alpha value is -1.69. The van der Waals surface area contributed by atoms with Crippen LogP contribution in [0.1, 0.15) is 44.0 Å². The first kappa shape index (κ1) is 17.7. The molecule has 0 bridgehead atoms. The largest absolute Gasteiger partial charge is 0.465 e. The van der Waals surface area contributed by atoms with Gasteiger partial charge in [-0.1, -0.05) is 12.1 Å². The number of methoxy groups -OCH3 is 1. The predicted octanol–water partition coefficient (Wildman–Crippen LogP) is 3.62. The highest BCUT2D eigenvalue weighted by Gasteiger charge is 2.45. The molecule has 0 aliphatic heterocycles. The standard InChI is InChI=1S/C17H23NO4S/c1-16(2,3)22-15(20)18-17(9-10-17)11-23-13-8-6-5-7-12(13)14(19)21-4/h5-8H,9-11H2,1-4H3,(H,18,20). The van der Waals surface area contributed by atoms with Gasteiger partial charge < -0.3 is 14.8 Å². The number of amides is 1. The van der Waals surface area contributed by atoms with Crippen LogP contribution in [0, 0.1) is 0 Å². The highest BCUT2D eigenvalue weighted by atomic mass is 32.2. The van der Waals surface area contributed by atoms with Gasteiger partial charge in [0.2, 0.25) is 0 Å². The van der Waals surface area contributed by atoms with E-state index in [0.717, 1.165) is 17.7 Å². The minimum atomic E-state index is -0.509. The molecular formula is C17H23NO4S. The van der Waals surface area contributed by atoms with E-state index >= 15 is 0 Å². The van der Waals surface area contributed by atoms with Gasteiger partial charge in [0.15, 0.2) is 0 Å². The van der Waals surface area contributed by atoms with Gasteiger partial charge in [0, 0.05) is 10.6 Å². The summed E-state index contributed by atoms with van der Waals surface area (Å²) < 4.78 is 10.1. The van der Waals surface area contributed by atoms with Crippen molar-refractivity contribution in [3.05, 3.63) is 29.8 Å². The van der Waals surface area contributed by atoms with Crippen LogP contribution >= 0.6 is 11.8 Å². The first-order valence-electron chi connectivity index (χ1n) is 7.56. The fraction of sp³-hybridized carbons (Fsp3) is 0.529. The molecule has 1 N–H and O–H groups in total. The summed E-state index contributed by atoms with van der Waals surface area (Å²) in [5, 5.41) is 2.96. The van der Waals surface area contributed by atoms with Crippen LogP contribution in [0.4, 0.5) is 4.79 Å². The zero-order chi connectivity index (χ0) is 17.1. The van der Waals surface area contributed by atoms with Gasteiger partial charge in [0.05, 0.1) is 18.2 Å². The van der Waals surface area contributed by atoms with E-state index in [0.29, 0.717) is 11.3 Å². The van der Waals surface area contributed by atoms with Gasteiger partial charge in [-0.05, 0) is 45.7 Å². The molecule has 1 aliphatic rings. The van der Waals surface area contributed by atoms with Crippen molar-refractivity contribution in [2.75, 3.05) is 12.9 Å². The Balaban J connectivity index is 1.96. The van der Waals surface area contributed by atoms with Crippen LogP contribution < -0.4 is 5.32 Å². The molecule has 0 radical (unpaired) electrons. The zero-order valence-corrected chi connectivity index (χ0v) is 14.8. The topological polar surface area (TPSA) is 64.6 Å². The Kier molecular flexibility index (Phi) is 5.24. The molecule has 1 fully saturated rings. The number of esters is 1. The Labute approximate surface area is 141 Å². The molecular weight excluding hydrogens is 314 g/mol. The Morgan fingerprint density at radius 1 is 1.26 bits per heavy atom. The van der Waals surface area contributed by atoms with Crippen LogP contribution in [-0.4, -0.2) is 36.1 Å². The Bertz CT molecular complexity index is 591. The van der Waals surface area contributed by atoms with E-state index < -0.39 is 11.7 Å². The third kappa shape index (κ3) is 5.16. The summed E-state index contributed by atoms with van der Waals surface area (Å²) in [6.45, 7) is 5.52. The van der Waals surface area contributed by atoms with Crippen molar-refractivity contribution in [2.45, 2.75) is 49.6 Å². The van der Waals surface area contributed by atoms with Crippen molar-refractivity contribution in [3.63, 3.8) is 0 Å². The first-order valence-corrected chi connectivity index (χ1v) is 8.55. The van der Waals surface area contributed by atoms with E-state index in [9.17, 15) is 9.59 Å². The number of carbonyl (C=O) groups excluding carboxylic acids is 2. The van der Waals surface area contributed by atoms with Gasteiger partial charge >= 0.3 is 12.1 Å². The number of ether oxygens (including phenoxy) is 2. The van der Waals surface area contributed by atoms with Gasteiger partial charge in [-0.15, -0.1) is 11.8 Å². The minimum Gasteiger partial charge on any atom is -0.465 e. The molecule has 126 valence electrons. The molecule has 0 spiro atoms. The highest BCUT2D eigenvalue weighted by molar-refractivity contribution is 7.99. The van der Waals surface area contributed by atoms with Gasteiger partial charge in [0.25, 0.3) is 0 Å². The van der Waals surface area contributed by atoms with Crippen molar-refractivity contribution in [3.8, 4) is 0 Å². The van der Waals surface area contributed by atoms with Crippen molar-refractivity contribution in [1.82, 2.24) is 5.32 Å². The van der Waals surface area contributed by atoms with Crippen LogP contribution in [0.2, 0.25) is 0 Å².